The molecule has 5 nitrogen and oxygen atoms in total. The molecule has 0 aromatic heterocycles. The van der Waals surface area contributed by atoms with Crippen LogP contribution in [0.1, 0.15) is 33.6 Å². The summed E-state index contributed by atoms with van der Waals surface area (Å²) in [6.07, 6.45) is 1.61. The predicted octanol–water partition coefficient (Wildman–Crippen LogP) is 1.18. The molecule has 2 atom stereocenters. The number of carbonyl (C=O) groups excluding carboxylic acids is 1. The standard InChI is InChI=1S/C13H27N3O2/c1-13(2,3)18-12(17)15-11-6-8-16(4)7-5-10(11)9-14/h10-11H,5-9,14H2,1-4H3,(H,15,17)/t10-,11-/m1/s1. The van der Waals surface area contributed by atoms with E-state index in [1.807, 2.05) is 20.8 Å². The molecule has 0 radical (unpaired) electrons. The average Bonchev–Trinajstić information content (AvgIpc) is 2.39. The van der Waals surface area contributed by atoms with Crippen molar-refractivity contribution in [1.29, 1.82) is 0 Å². The molecule has 1 fully saturated rings. The van der Waals surface area contributed by atoms with E-state index in [1.54, 1.807) is 0 Å². The van der Waals surface area contributed by atoms with Crippen LogP contribution >= 0.6 is 0 Å². The minimum atomic E-state index is -0.455. The molecule has 0 unspecified atom stereocenters. The van der Waals surface area contributed by atoms with Gasteiger partial charge in [-0.3, -0.25) is 0 Å². The number of alkyl carbamates (subject to hydrolysis) is 1. The Kier molecular flexibility index (Phi) is 5.41. The lowest BCUT2D eigenvalue weighted by molar-refractivity contribution is 0.0485. The fourth-order valence-corrected chi connectivity index (χ4v) is 2.23. The lowest BCUT2D eigenvalue weighted by atomic mass is 9.95. The second-order valence-corrected chi connectivity index (χ2v) is 6.13. The van der Waals surface area contributed by atoms with Crippen LogP contribution in [0.5, 0.6) is 0 Å². The van der Waals surface area contributed by atoms with Crippen molar-refractivity contribution in [3.63, 3.8) is 0 Å². The van der Waals surface area contributed by atoms with E-state index in [9.17, 15) is 4.79 Å². The molecule has 0 aromatic rings. The monoisotopic (exact) mass is 257 g/mol. The van der Waals surface area contributed by atoms with Crippen molar-refractivity contribution >= 4 is 6.09 Å². The molecule has 0 bridgehead atoms. The van der Waals surface area contributed by atoms with E-state index in [0.717, 1.165) is 25.9 Å². The fourth-order valence-electron chi connectivity index (χ4n) is 2.23. The third-order valence-electron chi connectivity index (χ3n) is 3.28. The molecule has 0 saturated carbocycles. The summed E-state index contributed by atoms with van der Waals surface area (Å²) in [5.41, 5.74) is 5.35. The number of nitrogens with one attached hydrogen (secondary N) is 1. The van der Waals surface area contributed by atoms with Gasteiger partial charge < -0.3 is 20.7 Å². The molecule has 1 heterocycles. The quantitative estimate of drug-likeness (QED) is 0.779. The molecule has 1 aliphatic rings. The molecule has 18 heavy (non-hydrogen) atoms. The molecule has 5 heteroatoms. The van der Waals surface area contributed by atoms with Crippen LogP contribution in [0.3, 0.4) is 0 Å². The summed E-state index contributed by atoms with van der Waals surface area (Å²) in [4.78, 5) is 14.1. The molecular weight excluding hydrogens is 230 g/mol. The number of nitrogens with zero attached hydrogens (tertiary/aromatic N) is 1. The van der Waals surface area contributed by atoms with Gasteiger partial charge in [0.25, 0.3) is 0 Å². The summed E-state index contributed by atoms with van der Waals surface area (Å²) in [7, 11) is 2.10. The van der Waals surface area contributed by atoms with Crippen molar-refractivity contribution in [2.75, 3.05) is 26.7 Å². The van der Waals surface area contributed by atoms with Crippen molar-refractivity contribution in [3.05, 3.63) is 0 Å². The number of nitrogens with two attached hydrogens (primary N) is 1. The molecule has 1 aliphatic heterocycles. The van der Waals surface area contributed by atoms with Crippen LogP contribution in [-0.2, 0) is 4.74 Å². The number of hydrogen-bond acceptors (Lipinski definition) is 4. The third kappa shape index (κ3) is 5.23. The normalized spacial score (nSPS) is 26.5. The Morgan fingerprint density at radius 2 is 2.00 bits per heavy atom. The van der Waals surface area contributed by atoms with E-state index >= 15 is 0 Å². The first-order valence-electron chi connectivity index (χ1n) is 6.70. The summed E-state index contributed by atoms with van der Waals surface area (Å²) in [6.45, 7) is 8.23. The van der Waals surface area contributed by atoms with Gasteiger partial charge in [-0.15, -0.1) is 0 Å². The van der Waals surface area contributed by atoms with Gasteiger partial charge in [0.2, 0.25) is 0 Å². The molecule has 1 amide bonds. The Morgan fingerprint density at radius 3 is 2.56 bits per heavy atom. The first kappa shape index (κ1) is 15.2. The second kappa shape index (κ2) is 6.38. The van der Waals surface area contributed by atoms with Crippen LogP contribution < -0.4 is 11.1 Å². The number of carbonyl (C=O) groups is 1. The van der Waals surface area contributed by atoms with E-state index in [4.69, 9.17) is 10.5 Å². The first-order valence-corrected chi connectivity index (χ1v) is 6.70. The summed E-state index contributed by atoms with van der Waals surface area (Å²) >= 11 is 0. The molecular formula is C13H27N3O2. The highest BCUT2D eigenvalue weighted by molar-refractivity contribution is 5.68. The Labute approximate surface area is 110 Å². The maximum absolute atomic E-state index is 11.8. The van der Waals surface area contributed by atoms with E-state index in [-0.39, 0.29) is 12.1 Å². The number of ether oxygens (including phenoxy) is 1. The Morgan fingerprint density at radius 1 is 1.39 bits per heavy atom. The molecule has 1 saturated heterocycles. The highest BCUT2D eigenvalue weighted by Crippen LogP contribution is 2.17. The van der Waals surface area contributed by atoms with Crippen LogP contribution in [0.25, 0.3) is 0 Å². The largest absolute Gasteiger partial charge is 0.444 e. The summed E-state index contributed by atoms with van der Waals surface area (Å²) < 4.78 is 5.30. The van der Waals surface area contributed by atoms with Crippen molar-refractivity contribution in [3.8, 4) is 0 Å². The zero-order chi connectivity index (χ0) is 13.8. The zero-order valence-corrected chi connectivity index (χ0v) is 12.0. The predicted molar refractivity (Wildman–Crippen MR) is 72.4 cm³/mol. The van der Waals surface area contributed by atoms with Gasteiger partial charge in [-0.05, 0) is 66.2 Å². The number of likely N-dealkylation sites (tertiary alicyclic amines) is 1. The minimum Gasteiger partial charge on any atom is -0.444 e. The molecule has 0 aliphatic carbocycles. The third-order valence-corrected chi connectivity index (χ3v) is 3.28. The van der Waals surface area contributed by atoms with Gasteiger partial charge in [0.1, 0.15) is 5.60 Å². The van der Waals surface area contributed by atoms with E-state index < -0.39 is 5.60 Å². The van der Waals surface area contributed by atoms with Crippen molar-refractivity contribution < 1.29 is 9.53 Å². The number of amides is 1. The van der Waals surface area contributed by atoms with E-state index in [1.165, 1.54) is 0 Å². The van der Waals surface area contributed by atoms with Gasteiger partial charge in [0, 0.05) is 6.04 Å². The topological polar surface area (TPSA) is 67.6 Å². The lowest BCUT2D eigenvalue weighted by Crippen LogP contribution is -2.45. The summed E-state index contributed by atoms with van der Waals surface area (Å²) in [6, 6.07) is 0.120. The summed E-state index contributed by atoms with van der Waals surface area (Å²) in [5, 5.41) is 2.97. The van der Waals surface area contributed by atoms with Crippen molar-refractivity contribution in [1.82, 2.24) is 10.2 Å². The van der Waals surface area contributed by atoms with Gasteiger partial charge in [0.05, 0.1) is 0 Å². The van der Waals surface area contributed by atoms with Gasteiger partial charge in [-0.1, -0.05) is 0 Å². The maximum Gasteiger partial charge on any atom is 0.407 e. The van der Waals surface area contributed by atoms with Crippen molar-refractivity contribution in [2.24, 2.45) is 11.7 Å². The van der Waals surface area contributed by atoms with E-state index in [2.05, 4.69) is 17.3 Å². The maximum atomic E-state index is 11.8. The first-order chi connectivity index (χ1) is 8.31. The SMILES string of the molecule is CN1CC[C@H](CN)[C@H](NC(=O)OC(C)(C)C)CC1. The highest BCUT2D eigenvalue weighted by atomic mass is 16.6. The second-order valence-electron chi connectivity index (χ2n) is 6.13. The van der Waals surface area contributed by atoms with Gasteiger partial charge in [0.15, 0.2) is 0 Å². The van der Waals surface area contributed by atoms with Crippen LogP contribution in [0.2, 0.25) is 0 Å². The van der Waals surface area contributed by atoms with E-state index in [0.29, 0.717) is 12.5 Å². The molecule has 106 valence electrons. The van der Waals surface area contributed by atoms with Gasteiger partial charge >= 0.3 is 6.09 Å². The Balaban J connectivity index is 2.54. The average molecular weight is 257 g/mol. The minimum absolute atomic E-state index is 0.120. The number of hydrogen-bond donors (Lipinski definition) is 2. The van der Waals surface area contributed by atoms with Gasteiger partial charge in [-0.25, -0.2) is 4.79 Å². The van der Waals surface area contributed by atoms with Crippen molar-refractivity contribution in [2.45, 2.75) is 45.3 Å². The lowest BCUT2D eigenvalue weighted by Gasteiger charge is -2.27. The smallest absolute Gasteiger partial charge is 0.407 e. The fraction of sp³-hybridized carbons (Fsp3) is 0.923. The molecule has 0 aromatic carbocycles. The molecule has 1 rings (SSSR count). The highest BCUT2D eigenvalue weighted by Gasteiger charge is 2.27. The number of rotatable bonds is 2. The Hall–Kier alpha value is -0.810. The van der Waals surface area contributed by atoms with Crippen LogP contribution in [0, 0.1) is 5.92 Å². The van der Waals surface area contributed by atoms with Gasteiger partial charge in [-0.2, -0.15) is 0 Å². The Bertz CT molecular complexity index is 276. The van der Waals surface area contributed by atoms with Crippen LogP contribution in [-0.4, -0.2) is 49.3 Å². The summed E-state index contributed by atoms with van der Waals surface area (Å²) in [5.74, 6) is 0.336. The zero-order valence-electron chi connectivity index (χ0n) is 12.0. The van der Waals surface area contributed by atoms with Crippen LogP contribution in [0.15, 0.2) is 0 Å². The van der Waals surface area contributed by atoms with Crippen LogP contribution in [0.4, 0.5) is 4.79 Å². The molecule has 3 N–H and O–H groups in total. The molecule has 0 spiro atoms.